The number of halogens is 3. The number of aromatic nitrogens is 10. The van der Waals surface area contributed by atoms with Crippen LogP contribution >= 0.6 is 22.6 Å². The van der Waals surface area contributed by atoms with E-state index in [0.29, 0.717) is 132 Å². The highest BCUT2D eigenvalue weighted by Crippen LogP contribution is 2.33. The number of hydrogen-bond donors (Lipinski definition) is 7. The third-order valence-corrected chi connectivity index (χ3v) is 19.9. The summed E-state index contributed by atoms with van der Waals surface area (Å²) in [6, 6.07) is 14.6. The lowest BCUT2D eigenvalue weighted by atomic mass is 9.86. The number of aliphatic hydroxyl groups is 1. The SMILES string of the molecule is C=C(CC/C=C/F)CNc1nc(N/N=C/c2ccc3c(c2)c2c(n3CC)CCC=C2)nc(N2CCCCC2)n1.FC1=CCCC(CNc2nc(N/N=C/C3CC=CC4=C3C=CNC4)nc(N3CCCCC3)n2)=C1.OCCOCCN(c1nc(N/N=C/c2cccc(I)c2)nc(N2CCOCC2)n1)C1C=CC=CC1. The Morgan fingerprint density at radius 1 is 0.750 bits per heavy atom. The van der Waals surface area contributed by atoms with Gasteiger partial charge in [-0.15, -0.1) is 0 Å². The number of hydrazone groups is 3. The highest BCUT2D eigenvalue weighted by atomic mass is 127. The zero-order valence-corrected chi connectivity index (χ0v) is 63.6. The minimum atomic E-state index is -0.177. The van der Waals surface area contributed by atoms with E-state index < -0.39 is 0 Å². The molecule has 2 unspecified atom stereocenters. The maximum Gasteiger partial charge on any atom is 0.250 e. The second-order valence-corrected chi connectivity index (χ2v) is 28.1. The number of nitrogens with one attached hydrogen (secondary N) is 6. The van der Waals surface area contributed by atoms with E-state index in [1.807, 2.05) is 48.8 Å². The molecule has 8 heterocycles. The minimum Gasteiger partial charge on any atom is -0.394 e. The summed E-state index contributed by atoms with van der Waals surface area (Å²) >= 11 is 2.28. The lowest BCUT2D eigenvalue weighted by Gasteiger charge is -2.32. The number of rotatable bonds is 29. The van der Waals surface area contributed by atoms with Crippen LogP contribution in [-0.2, 0) is 22.4 Å². The summed E-state index contributed by atoms with van der Waals surface area (Å²) in [5, 5.41) is 33.4. The highest BCUT2D eigenvalue weighted by Gasteiger charge is 2.26. The highest BCUT2D eigenvalue weighted by molar-refractivity contribution is 14.1. The molecule has 0 bridgehead atoms. The maximum atomic E-state index is 13.6. The molecule has 14 rings (SSSR count). The van der Waals surface area contributed by atoms with Gasteiger partial charge in [-0.3, -0.25) is 0 Å². The fraction of sp³-hybridized carbons (Fsp3) is 0.418. The molecule has 7 N–H and O–H groups in total. The van der Waals surface area contributed by atoms with Gasteiger partial charge < -0.3 is 54.7 Å². The molecule has 6 aromatic rings. The zero-order chi connectivity index (χ0) is 74.5. The number of aryl methyl sites for hydroxylation is 1. The van der Waals surface area contributed by atoms with Gasteiger partial charge in [-0.25, -0.2) is 25.1 Å². The van der Waals surface area contributed by atoms with Gasteiger partial charge in [0.15, 0.2) is 0 Å². The average molecular weight is 1580 g/mol. The molecule has 4 aliphatic carbocycles. The number of piperidine rings is 2. The first-order chi connectivity index (χ1) is 53.1. The number of allylic oxidation sites excluding steroid dienone is 10. The Hall–Kier alpha value is -10.1. The standard InChI is InChI=1S/C30H37FN8.C25H31FN8.C24H30IN7O3/c1-3-39-26-13-6-5-12-24(26)25-19-23(14-15-27(25)39)21-33-37-29-34-28(32-20-22(2)11-7-8-16-31)35-30(36-29)38-17-9-4-10-18-38;26-21-9-4-6-18(14-21)15-28-23-30-24(32-25(31-23)34-12-2-1-3-13-34)33-29-17-20-8-5-7-19-16-27-11-10-22(19)20;25-20-6-4-5-19(17-20)18-26-30-22-27-23(31-9-13-34-14-10-31)29-24(28-22)32(11-15-35-16-12-33)21-7-2-1-3-8-21/h5,8,12,14-16,19,21H,2-4,6-7,9-11,13,17-18,20H2,1H3,(H2,32,34,35,36,37);5,7,9-11,14,17,20,27H,1-4,6,8,12-13,15-16H2,(H2,28,30,31,32,33);1-7,17-18,21,33H,8-16H2,(H,27,28,29,30)/b16-8+,33-21+;29-17+;26-18+. The van der Waals surface area contributed by atoms with E-state index in [1.54, 1.807) is 24.6 Å². The lowest BCUT2D eigenvalue weighted by molar-refractivity contribution is 0.0960. The second kappa shape index (κ2) is 40.7. The van der Waals surface area contributed by atoms with Crippen LogP contribution in [0.15, 0.2) is 172 Å². The Bertz CT molecular complexity index is 4390. The fourth-order valence-corrected chi connectivity index (χ4v) is 14.2. The Labute approximate surface area is 644 Å². The van der Waals surface area contributed by atoms with Crippen molar-refractivity contribution in [2.75, 3.05) is 145 Å². The first kappa shape index (κ1) is 77.5. The number of ether oxygens (including phenoxy) is 2. The van der Waals surface area contributed by atoms with Crippen LogP contribution < -0.4 is 51.8 Å². The van der Waals surface area contributed by atoms with Crippen molar-refractivity contribution < 1.29 is 23.4 Å². The molecule has 3 saturated heterocycles. The quantitative estimate of drug-likeness (QED) is 0.00755. The third-order valence-electron chi connectivity index (χ3n) is 19.2. The van der Waals surface area contributed by atoms with E-state index in [1.165, 1.54) is 52.2 Å². The van der Waals surface area contributed by atoms with Gasteiger partial charge >= 0.3 is 0 Å². The summed E-state index contributed by atoms with van der Waals surface area (Å²) in [5.74, 6) is 4.54. The Morgan fingerprint density at radius 3 is 2.16 bits per heavy atom. The van der Waals surface area contributed by atoms with Gasteiger partial charge in [-0.2, -0.15) is 60.2 Å². The predicted molar refractivity (Wildman–Crippen MR) is 439 cm³/mol. The summed E-state index contributed by atoms with van der Waals surface area (Å²) in [5.41, 5.74) is 19.6. The molecule has 29 heteroatoms. The molecule has 2 atom stereocenters. The van der Waals surface area contributed by atoms with Crippen molar-refractivity contribution in [3.8, 4) is 0 Å². The molecule has 2 aromatic carbocycles. The van der Waals surface area contributed by atoms with Crippen molar-refractivity contribution in [3.63, 3.8) is 0 Å². The number of aliphatic hydroxyl groups excluding tert-OH is 1. The van der Waals surface area contributed by atoms with E-state index in [0.717, 1.165) is 129 Å². The normalized spacial score (nSPS) is 18.3. The van der Waals surface area contributed by atoms with Gasteiger partial charge in [0, 0.05) is 110 Å². The van der Waals surface area contributed by atoms with Crippen molar-refractivity contribution in [2.24, 2.45) is 21.2 Å². The second-order valence-electron chi connectivity index (χ2n) is 26.9. The number of fused-ring (bicyclic) bond motifs is 3. The molecule has 108 heavy (non-hydrogen) atoms. The molecule has 4 aliphatic heterocycles. The van der Waals surface area contributed by atoms with Crippen LogP contribution in [0, 0.1) is 9.49 Å². The van der Waals surface area contributed by atoms with Crippen molar-refractivity contribution in [3.05, 3.63) is 182 Å². The van der Waals surface area contributed by atoms with Gasteiger partial charge in [0.25, 0.3) is 0 Å². The monoisotopic (exact) mass is 1580 g/mol. The fourth-order valence-electron chi connectivity index (χ4n) is 13.7. The summed E-state index contributed by atoms with van der Waals surface area (Å²) in [6.07, 6.45) is 45.8. The largest absolute Gasteiger partial charge is 0.394 e. The van der Waals surface area contributed by atoms with Crippen molar-refractivity contribution in [2.45, 2.75) is 109 Å². The molecule has 0 saturated carbocycles. The van der Waals surface area contributed by atoms with E-state index in [-0.39, 0.29) is 24.4 Å². The van der Waals surface area contributed by atoms with Crippen LogP contribution in [0.5, 0.6) is 0 Å². The van der Waals surface area contributed by atoms with Gasteiger partial charge in [0.2, 0.25) is 53.5 Å². The molecule has 3 fully saturated rings. The van der Waals surface area contributed by atoms with Crippen LogP contribution in [0.1, 0.15) is 113 Å². The molecule has 8 aliphatic rings. The van der Waals surface area contributed by atoms with E-state index in [2.05, 4.69) is 203 Å². The average Bonchev–Trinajstić information content (AvgIpc) is 1.60. The molecule has 568 valence electrons. The summed E-state index contributed by atoms with van der Waals surface area (Å²) < 4.78 is 40.5. The van der Waals surface area contributed by atoms with Gasteiger partial charge in [-0.1, -0.05) is 85.0 Å². The molecular formula is C79H98F2IN23O3. The van der Waals surface area contributed by atoms with E-state index >= 15 is 0 Å². The first-order valence-electron chi connectivity index (χ1n) is 37.7. The smallest absolute Gasteiger partial charge is 0.250 e. The molecule has 4 aromatic heterocycles. The van der Waals surface area contributed by atoms with E-state index in [4.69, 9.17) is 24.5 Å². The summed E-state index contributed by atoms with van der Waals surface area (Å²) in [7, 11) is 0. The van der Waals surface area contributed by atoms with Crippen molar-refractivity contribution >= 4 is 112 Å². The number of morpholine rings is 1. The zero-order valence-electron chi connectivity index (χ0n) is 61.4. The Kier molecular flexibility index (Phi) is 29.2. The van der Waals surface area contributed by atoms with Crippen LogP contribution in [0.25, 0.3) is 17.0 Å². The topological polar surface area (TPSA) is 282 Å². The number of nitrogens with zero attached hydrogens (tertiary/aromatic N) is 17. The number of hydrogen-bond acceptors (Lipinski definition) is 25. The van der Waals surface area contributed by atoms with E-state index in [9.17, 15) is 8.78 Å². The molecule has 26 nitrogen and oxygen atoms in total. The number of dihydropyridines is 1. The predicted octanol–water partition coefficient (Wildman–Crippen LogP) is 13.2. The van der Waals surface area contributed by atoms with Crippen LogP contribution in [0.4, 0.5) is 62.3 Å². The molecule has 0 radical (unpaired) electrons. The Morgan fingerprint density at radius 2 is 1.45 bits per heavy atom. The van der Waals surface area contributed by atoms with Crippen LogP contribution in [0.3, 0.4) is 0 Å². The summed E-state index contributed by atoms with van der Waals surface area (Å²) in [4.78, 5) is 50.4. The van der Waals surface area contributed by atoms with Crippen molar-refractivity contribution in [1.29, 1.82) is 0 Å². The molecule has 0 amide bonds. The summed E-state index contributed by atoms with van der Waals surface area (Å²) in [6.45, 7) is 16.8. The number of benzene rings is 2. The Balaban J connectivity index is 0.000000152. The van der Waals surface area contributed by atoms with Crippen LogP contribution in [0.2, 0.25) is 0 Å². The van der Waals surface area contributed by atoms with Gasteiger partial charge in [0.1, 0.15) is 5.83 Å². The van der Waals surface area contributed by atoms with Crippen molar-refractivity contribution in [1.82, 2.24) is 54.7 Å². The third kappa shape index (κ3) is 22.5. The lowest BCUT2D eigenvalue weighted by Crippen LogP contribution is -2.40. The maximum absolute atomic E-state index is 13.6. The van der Waals surface area contributed by atoms with Gasteiger partial charge in [0.05, 0.1) is 57.8 Å². The minimum absolute atomic E-state index is 0.00839. The molecular weight excluding hydrogens is 1480 g/mol. The number of anilines is 9. The van der Waals surface area contributed by atoms with Crippen LogP contribution in [-0.4, -0.2) is 178 Å². The first-order valence-corrected chi connectivity index (χ1v) is 38.8. The van der Waals surface area contributed by atoms with Gasteiger partial charge in [-0.05, 0) is 196 Å². The molecule has 0 spiro atoms.